The Hall–Kier alpha value is -1.00. The van der Waals surface area contributed by atoms with Crippen molar-refractivity contribution in [2.75, 3.05) is 7.05 Å². The van der Waals surface area contributed by atoms with E-state index < -0.39 is 11.6 Å². The average molecular weight is 253 g/mol. The molecule has 18 heavy (non-hydrogen) atoms. The van der Waals surface area contributed by atoms with E-state index in [2.05, 4.69) is 5.32 Å². The van der Waals surface area contributed by atoms with Crippen molar-refractivity contribution < 1.29 is 13.5 Å². The molecule has 4 atom stereocenters. The van der Waals surface area contributed by atoms with Crippen LogP contribution in [0.1, 0.15) is 30.9 Å². The third kappa shape index (κ3) is 2.04. The molecule has 2 bridgehead atoms. The zero-order valence-electron chi connectivity index (χ0n) is 10.3. The smallest absolute Gasteiger partial charge is 0.126 e. The molecular formula is C14H17F2NO. The van der Waals surface area contributed by atoms with Crippen molar-refractivity contribution in [2.45, 2.75) is 37.5 Å². The summed E-state index contributed by atoms with van der Waals surface area (Å²) < 4.78 is 32.4. The van der Waals surface area contributed by atoms with E-state index in [-0.39, 0.29) is 12.1 Å². The Labute approximate surface area is 105 Å². The average Bonchev–Trinajstić information content (AvgIpc) is 2.90. The van der Waals surface area contributed by atoms with Gasteiger partial charge in [0, 0.05) is 18.0 Å². The fraction of sp³-hybridized carbons (Fsp3) is 0.571. The van der Waals surface area contributed by atoms with Crippen LogP contribution < -0.4 is 5.32 Å². The topological polar surface area (TPSA) is 21.3 Å². The molecule has 1 N–H and O–H groups in total. The highest BCUT2D eigenvalue weighted by Gasteiger charge is 2.44. The maximum absolute atomic E-state index is 13.3. The first-order valence-corrected chi connectivity index (χ1v) is 6.46. The SMILES string of the molecule is CNC(c1cc(F)cc(F)c1)C1CC2CCC1O2. The van der Waals surface area contributed by atoms with E-state index in [1.165, 1.54) is 12.1 Å². The molecule has 4 heteroatoms. The largest absolute Gasteiger partial charge is 0.375 e. The highest BCUT2D eigenvalue weighted by atomic mass is 19.1. The molecule has 0 amide bonds. The molecule has 1 aromatic rings. The predicted octanol–water partition coefficient (Wildman–Crippen LogP) is 2.79. The van der Waals surface area contributed by atoms with E-state index in [1.54, 1.807) is 0 Å². The van der Waals surface area contributed by atoms with Gasteiger partial charge in [0.2, 0.25) is 0 Å². The summed E-state index contributed by atoms with van der Waals surface area (Å²) in [5.41, 5.74) is 0.677. The minimum atomic E-state index is -0.519. The molecule has 98 valence electrons. The van der Waals surface area contributed by atoms with Gasteiger partial charge < -0.3 is 10.1 Å². The first-order chi connectivity index (χ1) is 8.67. The number of fused-ring (bicyclic) bond motifs is 2. The molecule has 2 heterocycles. The Kier molecular flexibility index (Phi) is 3.08. The number of rotatable bonds is 3. The number of nitrogens with one attached hydrogen (secondary N) is 1. The molecule has 4 unspecified atom stereocenters. The molecule has 0 spiro atoms. The molecule has 2 fully saturated rings. The second kappa shape index (κ2) is 4.59. The number of hydrogen-bond acceptors (Lipinski definition) is 2. The fourth-order valence-electron chi connectivity index (χ4n) is 3.41. The summed E-state index contributed by atoms with van der Waals surface area (Å²) in [5, 5.41) is 3.19. The minimum Gasteiger partial charge on any atom is -0.375 e. The molecule has 1 aromatic carbocycles. The first kappa shape index (κ1) is 12.1. The second-order valence-corrected chi connectivity index (χ2v) is 5.24. The van der Waals surface area contributed by atoms with Gasteiger partial charge in [0.25, 0.3) is 0 Å². The van der Waals surface area contributed by atoms with Gasteiger partial charge in [0.05, 0.1) is 12.2 Å². The summed E-state index contributed by atoms with van der Waals surface area (Å²) in [6.45, 7) is 0. The van der Waals surface area contributed by atoms with Gasteiger partial charge in [-0.25, -0.2) is 8.78 Å². The van der Waals surface area contributed by atoms with Crippen molar-refractivity contribution >= 4 is 0 Å². The molecule has 2 saturated heterocycles. The Morgan fingerprint density at radius 1 is 1.22 bits per heavy atom. The summed E-state index contributed by atoms with van der Waals surface area (Å²) in [6.07, 6.45) is 3.74. The number of hydrogen-bond donors (Lipinski definition) is 1. The normalized spacial score (nSPS) is 31.8. The molecule has 2 aliphatic rings. The lowest BCUT2D eigenvalue weighted by Crippen LogP contribution is -2.31. The van der Waals surface area contributed by atoms with Crippen molar-refractivity contribution in [3.05, 3.63) is 35.4 Å². The maximum atomic E-state index is 13.3. The van der Waals surface area contributed by atoms with Crippen LogP contribution in [-0.4, -0.2) is 19.3 Å². The summed E-state index contributed by atoms with van der Waals surface area (Å²) in [4.78, 5) is 0. The van der Waals surface area contributed by atoms with E-state index in [4.69, 9.17) is 4.74 Å². The maximum Gasteiger partial charge on any atom is 0.126 e. The lowest BCUT2D eigenvalue weighted by atomic mass is 9.81. The summed E-state index contributed by atoms with van der Waals surface area (Å²) in [6, 6.07) is 3.70. The highest BCUT2D eigenvalue weighted by Crippen LogP contribution is 2.44. The third-order valence-corrected chi connectivity index (χ3v) is 4.14. The van der Waals surface area contributed by atoms with Crippen LogP contribution >= 0.6 is 0 Å². The van der Waals surface area contributed by atoms with Gasteiger partial charge in [-0.1, -0.05) is 0 Å². The predicted molar refractivity (Wildman–Crippen MR) is 64.2 cm³/mol. The van der Waals surface area contributed by atoms with E-state index in [9.17, 15) is 8.78 Å². The molecule has 2 nitrogen and oxygen atoms in total. The summed E-state index contributed by atoms with van der Waals surface area (Å²) >= 11 is 0. The van der Waals surface area contributed by atoms with Gasteiger partial charge in [0.15, 0.2) is 0 Å². The Bertz CT molecular complexity index is 431. The standard InChI is InChI=1S/C14H17F2NO/c1-17-14(8-4-9(15)6-10(16)5-8)12-7-11-2-3-13(12)18-11/h4-6,11-14,17H,2-3,7H2,1H3. The third-order valence-electron chi connectivity index (χ3n) is 4.14. The van der Waals surface area contributed by atoms with Gasteiger partial charge in [0.1, 0.15) is 11.6 Å². The molecule has 0 radical (unpaired) electrons. The van der Waals surface area contributed by atoms with Crippen molar-refractivity contribution in [1.82, 2.24) is 5.32 Å². The highest BCUT2D eigenvalue weighted by molar-refractivity contribution is 5.23. The molecule has 2 aliphatic heterocycles. The number of halogens is 2. The van der Waals surface area contributed by atoms with E-state index in [0.29, 0.717) is 17.6 Å². The van der Waals surface area contributed by atoms with Crippen LogP contribution in [0.3, 0.4) is 0 Å². The van der Waals surface area contributed by atoms with Crippen LogP contribution in [0, 0.1) is 17.6 Å². The molecule has 3 rings (SSSR count). The van der Waals surface area contributed by atoms with Crippen LogP contribution in [0.25, 0.3) is 0 Å². The van der Waals surface area contributed by atoms with Crippen LogP contribution in [-0.2, 0) is 4.74 Å². The van der Waals surface area contributed by atoms with Crippen LogP contribution in [0.5, 0.6) is 0 Å². The lowest BCUT2D eigenvalue weighted by molar-refractivity contribution is 0.0862. The van der Waals surface area contributed by atoms with Gasteiger partial charge >= 0.3 is 0 Å². The molecular weight excluding hydrogens is 236 g/mol. The second-order valence-electron chi connectivity index (χ2n) is 5.24. The monoisotopic (exact) mass is 253 g/mol. The van der Waals surface area contributed by atoms with Gasteiger partial charge in [-0.3, -0.25) is 0 Å². The van der Waals surface area contributed by atoms with Crippen molar-refractivity contribution in [2.24, 2.45) is 5.92 Å². The Balaban J connectivity index is 1.87. The Morgan fingerprint density at radius 2 is 1.94 bits per heavy atom. The van der Waals surface area contributed by atoms with E-state index >= 15 is 0 Å². The van der Waals surface area contributed by atoms with Crippen LogP contribution in [0.2, 0.25) is 0 Å². The first-order valence-electron chi connectivity index (χ1n) is 6.46. The van der Waals surface area contributed by atoms with Gasteiger partial charge in [-0.15, -0.1) is 0 Å². The van der Waals surface area contributed by atoms with E-state index in [1.807, 2.05) is 7.05 Å². The van der Waals surface area contributed by atoms with Crippen LogP contribution in [0.4, 0.5) is 8.78 Å². The lowest BCUT2D eigenvalue weighted by Gasteiger charge is -2.28. The minimum absolute atomic E-state index is 0.0366. The van der Waals surface area contributed by atoms with Crippen molar-refractivity contribution in [1.29, 1.82) is 0 Å². The van der Waals surface area contributed by atoms with Crippen molar-refractivity contribution in [3.8, 4) is 0 Å². The molecule has 0 aliphatic carbocycles. The van der Waals surface area contributed by atoms with Crippen molar-refractivity contribution in [3.63, 3.8) is 0 Å². The number of benzene rings is 1. The van der Waals surface area contributed by atoms with Gasteiger partial charge in [-0.05, 0) is 44.0 Å². The van der Waals surface area contributed by atoms with E-state index in [0.717, 1.165) is 25.3 Å². The fourth-order valence-corrected chi connectivity index (χ4v) is 3.41. The zero-order valence-corrected chi connectivity index (χ0v) is 10.3. The molecule has 0 saturated carbocycles. The summed E-state index contributed by atoms with van der Waals surface area (Å²) in [5.74, 6) is -0.724. The van der Waals surface area contributed by atoms with Gasteiger partial charge in [-0.2, -0.15) is 0 Å². The number of ether oxygens (including phenoxy) is 1. The molecule has 0 aromatic heterocycles. The quantitative estimate of drug-likeness (QED) is 0.894. The Morgan fingerprint density at radius 3 is 2.44 bits per heavy atom. The summed E-state index contributed by atoms with van der Waals surface area (Å²) in [7, 11) is 1.83. The zero-order chi connectivity index (χ0) is 12.7. The van der Waals surface area contributed by atoms with Crippen LogP contribution in [0.15, 0.2) is 18.2 Å².